The van der Waals surface area contributed by atoms with E-state index in [1.807, 2.05) is 0 Å². The average Bonchev–Trinajstić information content (AvgIpc) is 2.51. The minimum Gasteiger partial charge on any atom is -0.350 e. The molecule has 2 aromatic rings. The highest BCUT2D eigenvalue weighted by Gasteiger charge is 2.10. The fraction of sp³-hybridized carbons (Fsp3) is 0.125. The Hall–Kier alpha value is -2.11. The number of halogens is 3. The summed E-state index contributed by atoms with van der Waals surface area (Å²) in [5, 5.41) is 5.95. The van der Waals surface area contributed by atoms with Crippen molar-refractivity contribution in [3.05, 3.63) is 69.5 Å². The van der Waals surface area contributed by atoms with Gasteiger partial charge in [-0.25, -0.2) is 4.39 Å². The summed E-state index contributed by atoms with van der Waals surface area (Å²) in [4.78, 5) is 23.7. The SMILES string of the molecule is O=C(NCCNC(=O)c1ccc(Cl)cc1Cl)c1ccc(F)cc1. The molecule has 0 fully saturated rings. The molecule has 23 heavy (non-hydrogen) atoms. The summed E-state index contributed by atoms with van der Waals surface area (Å²) in [6.07, 6.45) is 0. The Labute approximate surface area is 142 Å². The van der Waals surface area contributed by atoms with Crippen LogP contribution in [0.25, 0.3) is 0 Å². The molecule has 0 atom stereocenters. The second kappa shape index (κ2) is 7.94. The van der Waals surface area contributed by atoms with Crippen molar-refractivity contribution in [2.24, 2.45) is 0 Å². The van der Waals surface area contributed by atoms with E-state index >= 15 is 0 Å². The predicted octanol–water partition coefficient (Wildman–Crippen LogP) is 3.29. The van der Waals surface area contributed by atoms with Gasteiger partial charge in [-0.05, 0) is 42.5 Å². The van der Waals surface area contributed by atoms with Crippen molar-refractivity contribution in [3.63, 3.8) is 0 Å². The van der Waals surface area contributed by atoms with Crippen LogP contribution < -0.4 is 10.6 Å². The van der Waals surface area contributed by atoms with Gasteiger partial charge in [-0.2, -0.15) is 0 Å². The van der Waals surface area contributed by atoms with Gasteiger partial charge in [0.2, 0.25) is 0 Å². The van der Waals surface area contributed by atoms with E-state index < -0.39 is 5.82 Å². The van der Waals surface area contributed by atoms with Gasteiger partial charge in [0.1, 0.15) is 5.82 Å². The maximum Gasteiger partial charge on any atom is 0.252 e. The van der Waals surface area contributed by atoms with Crippen LogP contribution in [-0.2, 0) is 0 Å². The Balaban J connectivity index is 1.79. The van der Waals surface area contributed by atoms with Crippen molar-refractivity contribution in [3.8, 4) is 0 Å². The van der Waals surface area contributed by atoms with Crippen molar-refractivity contribution in [2.75, 3.05) is 13.1 Å². The normalized spacial score (nSPS) is 10.2. The van der Waals surface area contributed by atoms with Gasteiger partial charge < -0.3 is 10.6 Å². The van der Waals surface area contributed by atoms with E-state index in [1.54, 1.807) is 6.07 Å². The minimum absolute atomic E-state index is 0.227. The summed E-state index contributed by atoms with van der Waals surface area (Å²) in [6.45, 7) is 0.456. The molecule has 2 N–H and O–H groups in total. The first-order chi connectivity index (χ1) is 11.0. The smallest absolute Gasteiger partial charge is 0.252 e. The molecule has 7 heteroatoms. The third kappa shape index (κ3) is 4.94. The molecule has 2 rings (SSSR count). The molecule has 0 heterocycles. The number of hydrogen-bond donors (Lipinski definition) is 2. The average molecular weight is 355 g/mol. The Bertz CT molecular complexity index is 721. The van der Waals surface area contributed by atoms with Crippen molar-refractivity contribution in [1.29, 1.82) is 0 Å². The van der Waals surface area contributed by atoms with Gasteiger partial charge >= 0.3 is 0 Å². The maximum absolute atomic E-state index is 12.8. The van der Waals surface area contributed by atoms with E-state index in [0.29, 0.717) is 16.1 Å². The standard InChI is InChI=1S/C16H13Cl2FN2O2/c17-11-3-6-13(14(18)9-11)16(23)21-8-7-20-15(22)10-1-4-12(19)5-2-10/h1-6,9H,7-8H2,(H,20,22)(H,21,23). The molecule has 0 aliphatic rings. The molecular formula is C16H13Cl2FN2O2. The van der Waals surface area contributed by atoms with Gasteiger partial charge in [0.15, 0.2) is 0 Å². The van der Waals surface area contributed by atoms with E-state index in [1.165, 1.54) is 36.4 Å². The van der Waals surface area contributed by atoms with Crippen molar-refractivity contribution in [2.45, 2.75) is 0 Å². The number of carbonyl (C=O) groups excluding carboxylic acids is 2. The molecule has 0 aliphatic heterocycles. The van der Waals surface area contributed by atoms with E-state index in [2.05, 4.69) is 10.6 Å². The van der Waals surface area contributed by atoms with E-state index in [9.17, 15) is 14.0 Å². The molecule has 4 nitrogen and oxygen atoms in total. The van der Waals surface area contributed by atoms with Crippen LogP contribution in [0.5, 0.6) is 0 Å². The lowest BCUT2D eigenvalue weighted by atomic mass is 10.2. The second-order valence-electron chi connectivity index (χ2n) is 4.64. The monoisotopic (exact) mass is 354 g/mol. The van der Waals surface area contributed by atoms with Crippen LogP contribution in [0, 0.1) is 5.82 Å². The minimum atomic E-state index is -0.409. The molecular weight excluding hydrogens is 342 g/mol. The molecule has 0 aromatic heterocycles. The van der Waals surface area contributed by atoms with Crippen molar-refractivity contribution in [1.82, 2.24) is 10.6 Å². The fourth-order valence-electron chi connectivity index (χ4n) is 1.82. The highest BCUT2D eigenvalue weighted by Crippen LogP contribution is 2.20. The molecule has 2 amide bonds. The third-order valence-electron chi connectivity index (χ3n) is 2.98. The third-order valence-corrected chi connectivity index (χ3v) is 3.53. The molecule has 0 radical (unpaired) electrons. The lowest BCUT2D eigenvalue weighted by Crippen LogP contribution is -2.34. The van der Waals surface area contributed by atoms with Crippen LogP contribution in [-0.4, -0.2) is 24.9 Å². The number of hydrogen-bond acceptors (Lipinski definition) is 2. The summed E-state index contributed by atoms with van der Waals surface area (Å²) in [5.74, 6) is -1.11. The Morgan fingerprint density at radius 3 is 2.13 bits per heavy atom. The summed E-state index contributed by atoms with van der Waals surface area (Å²) < 4.78 is 12.8. The molecule has 0 saturated carbocycles. The first-order valence-corrected chi connectivity index (χ1v) is 7.50. The number of carbonyl (C=O) groups is 2. The predicted molar refractivity (Wildman–Crippen MR) is 87.5 cm³/mol. The lowest BCUT2D eigenvalue weighted by molar-refractivity contribution is 0.0927. The number of rotatable bonds is 5. The van der Waals surface area contributed by atoms with Gasteiger partial charge in [-0.1, -0.05) is 23.2 Å². The topological polar surface area (TPSA) is 58.2 Å². The summed E-state index contributed by atoms with van der Waals surface area (Å²) in [6, 6.07) is 9.76. The highest BCUT2D eigenvalue weighted by molar-refractivity contribution is 6.36. The summed E-state index contributed by atoms with van der Waals surface area (Å²) in [5.41, 5.74) is 0.652. The van der Waals surface area contributed by atoms with E-state index in [4.69, 9.17) is 23.2 Å². The van der Waals surface area contributed by atoms with Crippen LogP contribution in [0.15, 0.2) is 42.5 Å². The van der Waals surface area contributed by atoms with Gasteiger partial charge in [-0.3, -0.25) is 9.59 Å². The maximum atomic E-state index is 12.8. The lowest BCUT2D eigenvalue weighted by Gasteiger charge is -2.08. The van der Waals surface area contributed by atoms with Gasteiger partial charge in [-0.15, -0.1) is 0 Å². The number of benzene rings is 2. The molecule has 0 saturated heterocycles. The zero-order chi connectivity index (χ0) is 16.8. The van der Waals surface area contributed by atoms with Crippen LogP contribution in [0.1, 0.15) is 20.7 Å². The number of nitrogens with one attached hydrogen (secondary N) is 2. The largest absolute Gasteiger partial charge is 0.350 e. The molecule has 0 unspecified atom stereocenters. The van der Waals surface area contributed by atoms with Crippen LogP contribution in [0.4, 0.5) is 4.39 Å². The van der Waals surface area contributed by atoms with E-state index in [-0.39, 0.29) is 29.9 Å². The first kappa shape index (κ1) is 17.2. The van der Waals surface area contributed by atoms with Crippen molar-refractivity contribution >= 4 is 35.0 Å². The second-order valence-corrected chi connectivity index (χ2v) is 5.49. The fourth-order valence-corrected chi connectivity index (χ4v) is 2.32. The summed E-state index contributed by atoms with van der Waals surface area (Å²) >= 11 is 11.7. The Morgan fingerprint density at radius 2 is 1.52 bits per heavy atom. The van der Waals surface area contributed by atoms with E-state index in [0.717, 1.165) is 0 Å². The number of amides is 2. The van der Waals surface area contributed by atoms with Gasteiger partial charge in [0, 0.05) is 23.7 Å². The quantitative estimate of drug-likeness (QED) is 0.809. The molecule has 0 bridgehead atoms. The van der Waals surface area contributed by atoms with Gasteiger partial charge in [0.05, 0.1) is 10.6 Å². The molecule has 2 aromatic carbocycles. The van der Waals surface area contributed by atoms with Crippen LogP contribution in [0.2, 0.25) is 10.0 Å². The summed E-state index contributed by atoms with van der Waals surface area (Å²) in [7, 11) is 0. The first-order valence-electron chi connectivity index (χ1n) is 6.74. The van der Waals surface area contributed by atoms with Crippen LogP contribution in [0.3, 0.4) is 0 Å². The van der Waals surface area contributed by atoms with Gasteiger partial charge in [0.25, 0.3) is 11.8 Å². The zero-order valence-electron chi connectivity index (χ0n) is 11.9. The molecule has 0 aliphatic carbocycles. The van der Waals surface area contributed by atoms with Crippen LogP contribution >= 0.6 is 23.2 Å². The molecule has 120 valence electrons. The zero-order valence-corrected chi connectivity index (χ0v) is 13.4. The highest BCUT2D eigenvalue weighted by atomic mass is 35.5. The Kier molecular flexibility index (Phi) is 5.96. The molecule has 0 spiro atoms. The Morgan fingerprint density at radius 1 is 0.913 bits per heavy atom. The van der Waals surface area contributed by atoms with Crippen molar-refractivity contribution < 1.29 is 14.0 Å².